The van der Waals surface area contributed by atoms with Gasteiger partial charge in [0.2, 0.25) is 0 Å². The van der Waals surface area contributed by atoms with Crippen molar-refractivity contribution in [2.75, 3.05) is 6.61 Å². The molecule has 122 valence electrons. The fraction of sp³-hybridized carbons (Fsp3) is 0.529. The van der Waals surface area contributed by atoms with Crippen LogP contribution in [0.1, 0.15) is 57.6 Å². The first-order valence-electron chi connectivity index (χ1n) is 7.63. The quantitative estimate of drug-likeness (QED) is 0.512. The second kappa shape index (κ2) is 9.92. The lowest BCUT2D eigenvalue weighted by molar-refractivity contribution is -0.149. The molecule has 1 aromatic carbocycles. The van der Waals surface area contributed by atoms with E-state index in [1.54, 1.807) is 19.1 Å². The number of hydrogen-bond acceptors (Lipinski definition) is 4. The summed E-state index contributed by atoms with van der Waals surface area (Å²) in [6.45, 7) is 4.18. The second-order valence-corrected chi connectivity index (χ2v) is 5.11. The molecule has 1 atom stereocenters. The van der Waals surface area contributed by atoms with Gasteiger partial charge in [-0.2, -0.15) is 0 Å². The molecular weight excluding hydrogens is 287 g/mol. The third-order valence-corrected chi connectivity index (χ3v) is 3.17. The molecule has 0 fully saturated rings. The number of benzene rings is 1. The summed E-state index contributed by atoms with van der Waals surface area (Å²) in [5.41, 5.74) is 0.730. The third-order valence-electron chi connectivity index (χ3n) is 3.17. The summed E-state index contributed by atoms with van der Waals surface area (Å²) in [5.74, 6) is -0.991. The lowest BCUT2D eigenvalue weighted by atomic mass is 10.1. The van der Waals surface area contributed by atoms with Gasteiger partial charge in [0.1, 0.15) is 11.9 Å². The Hall–Kier alpha value is -1.91. The van der Waals surface area contributed by atoms with Crippen molar-refractivity contribution in [1.82, 2.24) is 0 Å². The minimum Gasteiger partial charge on any atom is -0.466 e. The summed E-state index contributed by atoms with van der Waals surface area (Å²) in [4.78, 5) is 23.1. The van der Waals surface area contributed by atoms with Crippen molar-refractivity contribution in [2.45, 2.75) is 52.1 Å². The highest BCUT2D eigenvalue weighted by molar-refractivity contribution is 5.72. The molecule has 1 aromatic rings. The number of ether oxygens (including phenoxy) is 2. The molecule has 0 saturated heterocycles. The topological polar surface area (TPSA) is 52.6 Å². The summed E-state index contributed by atoms with van der Waals surface area (Å²) in [7, 11) is 0. The van der Waals surface area contributed by atoms with E-state index in [0.717, 1.165) is 18.4 Å². The van der Waals surface area contributed by atoms with Crippen LogP contribution in [-0.2, 0) is 19.1 Å². The molecule has 5 heteroatoms. The lowest BCUT2D eigenvalue weighted by Gasteiger charge is -2.13. The Labute approximate surface area is 130 Å². The van der Waals surface area contributed by atoms with Crippen LogP contribution in [0, 0.1) is 5.82 Å². The number of rotatable bonds is 9. The van der Waals surface area contributed by atoms with Crippen LogP contribution in [0.2, 0.25) is 0 Å². The van der Waals surface area contributed by atoms with E-state index >= 15 is 0 Å². The van der Waals surface area contributed by atoms with E-state index in [9.17, 15) is 14.0 Å². The van der Waals surface area contributed by atoms with Crippen LogP contribution >= 0.6 is 0 Å². The van der Waals surface area contributed by atoms with Gasteiger partial charge in [-0.3, -0.25) is 9.59 Å². The van der Waals surface area contributed by atoms with Crippen molar-refractivity contribution in [3.8, 4) is 0 Å². The number of esters is 2. The zero-order chi connectivity index (χ0) is 16.4. The molecule has 22 heavy (non-hydrogen) atoms. The first-order valence-corrected chi connectivity index (χ1v) is 7.63. The zero-order valence-electron chi connectivity index (χ0n) is 13.1. The Bertz CT molecular complexity index is 470. The number of unbranched alkanes of at least 4 members (excludes halogenated alkanes) is 1. The van der Waals surface area contributed by atoms with Gasteiger partial charge in [-0.15, -0.1) is 0 Å². The monoisotopic (exact) mass is 310 g/mol. The molecule has 4 nitrogen and oxygen atoms in total. The minimum absolute atomic E-state index is 0.161. The molecule has 0 saturated carbocycles. The minimum atomic E-state index is -0.440. The molecule has 0 radical (unpaired) electrons. The van der Waals surface area contributed by atoms with E-state index < -0.39 is 6.10 Å². The number of carbonyl (C=O) groups excluding carboxylic acids is 2. The van der Waals surface area contributed by atoms with Gasteiger partial charge in [0.25, 0.3) is 0 Å². The molecule has 0 aliphatic heterocycles. The van der Waals surface area contributed by atoms with E-state index in [0.29, 0.717) is 13.0 Å². The Morgan fingerprint density at radius 2 is 1.73 bits per heavy atom. The van der Waals surface area contributed by atoms with Crippen LogP contribution in [0.3, 0.4) is 0 Å². The van der Waals surface area contributed by atoms with Crippen molar-refractivity contribution in [1.29, 1.82) is 0 Å². The van der Waals surface area contributed by atoms with Gasteiger partial charge in [0, 0.05) is 12.8 Å². The average molecular weight is 310 g/mol. The number of carbonyl (C=O) groups is 2. The number of halogens is 1. The van der Waals surface area contributed by atoms with E-state index in [4.69, 9.17) is 9.47 Å². The normalized spacial score (nSPS) is 11.8. The highest BCUT2D eigenvalue weighted by atomic mass is 19.1. The van der Waals surface area contributed by atoms with Gasteiger partial charge in [-0.05, 0) is 37.5 Å². The first-order chi connectivity index (χ1) is 10.5. The highest BCUT2D eigenvalue weighted by Crippen LogP contribution is 2.18. The summed E-state index contributed by atoms with van der Waals surface area (Å²) >= 11 is 0. The molecule has 0 heterocycles. The molecule has 0 spiro atoms. The van der Waals surface area contributed by atoms with Crippen LogP contribution < -0.4 is 0 Å². The van der Waals surface area contributed by atoms with Gasteiger partial charge < -0.3 is 9.47 Å². The zero-order valence-corrected chi connectivity index (χ0v) is 13.1. The van der Waals surface area contributed by atoms with E-state index in [1.165, 1.54) is 12.1 Å². The molecule has 1 rings (SSSR count). The van der Waals surface area contributed by atoms with Crippen molar-refractivity contribution in [3.63, 3.8) is 0 Å². The maximum Gasteiger partial charge on any atom is 0.306 e. The first kappa shape index (κ1) is 18.1. The highest BCUT2D eigenvalue weighted by Gasteiger charge is 2.12. The Morgan fingerprint density at radius 1 is 1.09 bits per heavy atom. The second-order valence-electron chi connectivity index (χ2n) is 5.11. The smallest absolute Gasteiger partial charge is 0.306 e. The Morgan fingerprint density at radius 3 is 2.36 bits per heavy atom. The average Bonchev–Trinajstić information content (AvgIpc) is 2.48. The van der Waals surface area contributed by atoms with Gasteiger partial charge in [-0.25, -0.2) is 4.39 Å². The van der Waals surface area contributed by atoms with Gasteiger partial charge in [0.05, 0.1) is 6.61 Å². The lowest BCUT2D eigenvalue weighted by Crippen LogP contribution is -2.10. The Balaban J connectivity index is 2.22. The van der Waals surface area contributed by atoms with E-state index in [2.05, 4.69) is 0 Å². The van der Waals surface area contributed by atoms with Gasteiger partial charge in [-0.1, -0.05) is 25.5 Å². The largest absolute Gasteiger partial charge is 0.466 e. The Kier molecular flexibility index (Phi) is 8.18. The van der Waals surface area contributed by atoms with Gasteiger partial charge in [0.15, 0.2) is 0 Å². The summed E-state index contributed by atoms with van der Waals surface area (Å²) in [5, 5.41) is 0. The van der Waals surface area contributed by atoms with Crippen molar-refractivity contribution >= 4 is 11.9 Å². The summed E-state index contributed by atoms with van der Waals surface area (Å²) < 4.78 is 23.1. The fourth-order valence-corrected chi connectivity index (χ4v) is 1.84. The van der Waals surface area contributed by atoms with Crippen molar-refractivity contribution in [3.05, 3.63) is 35.6 Å². The number of hydrogen-bond donors (Lipinski definition) is 0. The third kappa shape index (κ3) is 7.20. The predicted molar refractivity (Wildman–Crippen MR) is 80.6 cm³/mol. The molecule has 1 unspecified atom stereocenters. The van der Waals surface area contributed by atoms with E-state index in [1.807, 2.05) is 6.92 Å². The standard InChI is InChI=1S/C17H23FO4/c1-3-4-12-21-16(19)6-5-7-17(20)22-13(2)14-8-10-15(18)11-9-14/h8-11,13H,3-7,12H2,1-2H3. The van der Waals surface area contributed by atoms with Crippen LogP contribution in [0.4, 0.5) is 4.39 Å². The van der Waals surface area contributed by atoms with Crippen molar-refractivity contribution < 1.29 is 23.5 Å². The molecule has 0 aliphatic rings. The molecule has 0 amide bonds. The summed E-state index contributed by atoms with van der Waals surface area (Å²) in [6, 6.07) is 5.81. The van der Waals surface area contributed by atoms with Crippen molar-refractivity contribution in [2.24, 2.45) is 0 Å². The fourth-order valence-electron chi connectivity index (χ4n) is 1.84. The molecule has 0 bridgehead atoms. The molecular formula is C17H23FO4. The maximum atomic E-state index is 12.8. The maximum absolute atomic E-state index is 12.8. The van der Waals surface area contributed by atoms with E-state index in [-0.39, 0.29) is 30.6 Å². The van der Waals surface area contributed by atoms with Crippen LogP contribution in [0.25, 0.3) is 0 Å². The van der Waals surface area contributed by atoms with Gasteiger partial charge >= 0.3 is 11.9 Å². The predicted octanol–water partition coefficient (Wildman–Crippen LogP) is 3.94. The van der Waals surface area contributed by atoms with Crippen LogP contribution in [-0.4, -0.2) is 18.5 Å². The molecule has 0 aromatic heterocycles. The van der Waals surface area contributed by atoms with Crippen LogP contribution in [0.5, 0.6) is 0 Å². The SMILES string of the molecule is CCCCOC(=O)CCCC(=O)OC(C)c1ccc(F)cc1. The molecule has 0 N–H and O–H groups in total. The van der Waals surface area contributed by atoms with Crippen LogP contribution in [0.15, 0.2) is 24.3 Å². The summed E-state index contributed by atoms with van der Waals surface area (Å²) in [6.07, 6.45) is 2.16. The molecule has 0 aliphatic carbocycles.